The van der Waals surface area contributed by atoms with E-state index in [4.69, 9.17) is 0 Å². The van der Waals surface area contributed by atoms with Crippen LogP contribution < -0.4 is 14.9 Å². The molecule has 0 atom stereocenters. The first-order valence-electron chi connectivity index (χ1n) is 11.8. The Bertz CT molecular complexity index is 859. The fraction of sp³-hybridized carbons (Fsp3) is 0.357. The second kappa shape index (κ2) is 10.4. The van der Waals surface area contributed by atoms with Crippen molar-refractivity contribution in [2.45, 2.75) is 52.4 Å². The van der Waals surface area contributed by atoms with E-state index in [1.807, 2.05) is 0 Å². The van der Waals surface area contributed by atoms with E-state index >= 15 is 0 Å². The van der Waals surface area contributed by atoms with Gasteiger partial charge in [0, 0.05) is 5.69 Å². The Balaban J connectivity index is 1.58. The fourth-order valence-corrected chi connectivity index (χ4v) is 4.20. The van der Waals surface area contributed by atoms with Crippen LogP contribution in [0.15, 0.2) is 78.9 Å². The Morgan fingerprint density at radius 3 is 1.42 bits per heavy atom. The Morgan fingerprint density at radius 1 is 0.548 bits per heavy atom. The maximum absolute atomic E-state index is 2.43. The smallest absolute Gasteiger partial charge is 0.112 e. The summed E-state index contributed by atoms with van der Waals surface area (Å²) in [6.07, 6.45) is 7.30. The maximum atomic E-state index is 2.43. The number of hydrogen-bond acceptors (Lipinski definition) is 3. The highest BCUT2D eigenvalue weighted by Gasteiger charge is 2.29. The number of benzene rings is 3. The molecule has 1 fully saturated rings. The van der Waals surface area contributed by atoms with E-state index in [0.717, 1.165) is 26.2 Å². The molecule has 1 heterocycles. The molecule has 0 amide bonds. The molecule has 3 aromatic carbocycles. The molecule has 0 radical (unpaired) electrons. The quantitative estimate of drug-likeness (QED) is 0.373. The Kier molecular flexibility index (Phi) is 7.14. The SMILES string of the molecule is CCCCc1ccc(N2CN(c3ccccc3)CN2c2ccc(CCCC)cc2)cc1. The number of para-hydroxylation sites is 1. The van der Waals surface area contributed by atoms with Gasteiger partial charge >= 0.3 is 0 Å². The molecule has 0 aromatic heterocycles. The first-order chi connectivity index (χ1) is 15.3. The molecule has 3 aromatic rings. The van der Waals surface area contributed by atoms with Gasteiger partial charge in [0.05, 0.1) is 11.4 Å². The molecule has 0 unspecified atom stereocenters. The molecular formula is C28H35N3. The third-order valence-corrected chi connectivity index (χ3v) is 6.13. The largest absolute Gasteiger partial charge is 0.332 e. The predicted molar refractivity (Wildman–Crippen MR) is 134 cm³/mol. The number of unbranched alkanes of at least 4 members (excludes halogenated alkanes) is 2. The van der Waals surface area contributed by atoms with Crippen LogP contribution in [0.4, 0.5) is 17.1 Å². The van der Waals surface area contributed by atoms with Gasteiger partial charge in [0.15, 0.2) is 0 Å². The maximum Gasteiger partial charge on any atom is 0.112 e. The second-order valence-corrected chi connectivity index (χ2v) is 8.50. The van der Waals surface area contributed by atoms with Crippen molar-refractivity contribution < 1.29 is 0 Å². The normalized spacial score (nSPS) is 13.8. The van der Waals surface area contributed by atoms with Gasteiger partial charge in [-0.2, -0.15) is 0 Å². The lowest BCUT2D eigenvalue weighted by molar-refractivity contribution is 0.794. The molecule has 0 spiro atoms. The van der Waals surface area contributed by atoms with Crippen molar-refractivity contribution in [2.75, 3.05) is 28.3 Å². The molecule has 31 heavy (non-hydrogen) atoms. The second-order valence-electron chi connectivity index (χ2n) is 8.50. The average molecular weight is 414 g/mol. The van der Waals surface area contributed by atoms with Crippen molar-refractivity contribution in [2.24, 2.45) is 0 Å². The van der Waals surface area contributed by atoms with Crippen LogP contribution in [0.1, 0.15) is 50.7 Å². The molecular weight excluding hydrogens is 378 g/mol. The summed E-state index contributed by atoms with van der Waals surface area (Å²) in [6, 6.07) is 29.0. The van der Waals surface area contributed by atoms with Gasteiger partial charge in [0.25, 0.3) is 0 Å². The van der Waals surface area contributed by atoms with Crippen LogP contribution in [0.3, 0.4) is 0 Å². The number of hydrazine groups is 1. The summed E-state index contributed by atoms with van der Waals surface area (Å²) in [5, 5.41) is 4.80. The number of rotatable bonds is 9. The number of anilines is 3. The molecule has 0 aliphatic carbocycles. The van der Waals surface area contributed by atoms with Crippen molar-refractivity contribution in [1.29, 1.82) is 0 Å². The summed E-state index contributed by atoms with van der Waals surface area (Å²) in [6.45, 7) is 6.19. The zero-order valence-corrected chi connectivity index (χ0v) is 19.0. The van der Waals surface area contributed by atoms with E-state index in [2.05, 4.69) is 108 Å². The van der Waals surface area contributed by atoms with Crippen LogP contribution in [0.25, 0.3) is 0 Å². The van der Waals surface area contributed by atoms with Crippen molar-refractivity contribution in [1.82, 2.24) is 0 Å². The Labute approximate surface area is 187 Å². The zero-order valence-electron chi connectivity index (χ0n) is 19.0. The number of aryl methyl sites for hydroxylation is 2. The van der Waals surface area contributed by atoms with E-state index in [1.54, 1.807) is 0 Å². The lowest BCUT2D eigenvalue weighted by atomic mass is 10.1. The highest BCUT2D eigenvalue weighted by molar-refractivity contribution is 5.64. The van der Waals surface area contributed by atoms with Crippen LogP contribution in [0, 0.1) is 0 Å². The number of hydrogen-bond donors (Lipinski definition) is 0. The Morgan fingerprint density at radius 2 is 1.00 bits per heavy atom. The van der Waals surface area contributed by atoms with Crippen LogP contribution in [-0.4, -0.2) is 13.3 Å². The highest BCUT2D eigenvalue weighted by atomic mass is 15.7. The van der Waals surface area contributed by atoms with Crippen LogP contribution in [0.2, 0.25) is 0 Å². The van der Waals surface area contributed by atoms with Crippen molar-refractivity contribution in [3.05, 3.63) is 90.0 Å². The molecule has 3 heteroatoms. The first kappa shape index (κ1) is 21.3. The van der Waals surface area contributed by atoms with Gasteiger partial charge in [-0.3, -0.25) is 10.0 Å². The third-order valence-electron chi connectivity index (χ3n) is 6.13. The topological polar surface area (TPSA) is 9.72 Å². The van der Waals surface area contributed by atoms with Gasteiger partial charge in [0.1, 0.15) is 13.3 Å². The molecule has 3 nitrogen and oxygen atoms in total. The van der Waals surface area contributed by atoms with Crippen molar-refractivity contribution >= 4 is 17.1 Å². The lowest BCUT2D eigenvalue weighted by Gasteiger charge is -2.30. The monoisotopic (exact) mass is 413 g/mol. The summed E-state index contributed by atoms with van der Waals surface area (Å²) >= 11 is 0. The molecule has 1 saturated heterocycles. The van der Waals surface area contributed by atoms with E-state index in [0.29, 0.717) is 0 Å². The minimum Gasteiger partial charge on any atom is -0.332 e. The molecule has 162 valence electrons. The van der Waals surface area contributed by atoms with E-state index in [1.165, 1.54) is 53.9 Å². The van der Waals surface area contributed by atoms with Crippen molar-refractivity contribution in [3.8, 4) is 0 Å². The average Bonchev–Trinajstić information content (AvgIpc) is 3.28. The molecule has 4 rings (SSSR count). The Hall–Kier alpha value is -2.94. The molecule has 1 aliphatic rings. The van der Waals surface area contributed by atoms with E-state index in [-0.39, 0.29) is 0 Å². The van der Waals surface area contributed by atoms with Crippen LogP contribution in [-0.2, 0) is 12.8 Å². The van der Waals surface area contributed by atoms with Crippen LogP contribution >= 0.6 is 0 Å². The predicted octanol–water partition coefficient (Wildman–Crippen LogP) is 7.04. The van der Waals surface area contributed by atoms with Gasteiger partial charge in [0.2, 0.25) is 0 Å². The highest BCUT2D eigenvalue weighted by Crippen LogP contribution is 2.31. The van der Waals surface area contributed by atoms with Crippen molar-refractivity contribution in [3.63, 3.8) is 0 Å². The third kappa shape index (κ3) is 5.22. The van der Waals surface area contributed by atoms with Crippen LogP contribution in [0.5, 0.6) is 0 Å². The summed E-state index contributed by atoms with van der Waals surface area (Å²) in [5.41, 5.74) is 6.60. The zero-order chi connectivity index (χ0) is 21.5. The van der Waals surface area contributed by atoms with Gasteiger partial charge in [-0.15, -0.1) is 0 Å². The summed E-state index contributed by atoms with van der Waals surface area (Å²) < 4.78 is 0. The van der Waals surface area contributed by atoms with Gasteiger partial charge in [-0.05, 0) is 73.2 Å². The first-order valence-corrected chi connectivity index (χ1v) is 11.8. The summed E-state index contributed by atoms with van der Waals surface area (Å²) in [5.74, 6) is 0. The standard InChI is InChI=1S/C28H35N3/c1-3-5-10-24-14-18-27(19-15-24)30-22-29(26-12-8-7-9-13-26)23-31(30)28-20-16-25(17-21-28)11-6-4-2/h7-9,12-21H,3-6,10-11,22-23H2,1-2H3. The van der Waals surface area contributed by atoms with Gasteiger partial charge in [-0.1, -0.05) is 69.2 Å². The number of nitrogens with zero attached hydrogens (tertiary/aromatic N) is 3. The molecule has 0 bridgehead atoms. The molecule has 0 N–H and O–H groups in total. The van der Waals surface area contributed by atoms with E-state index in [9.17, 15) is 0 Å². The minimum absolute atomic E-state index is 0.843. The minimum atomic E-state index is 0.843. The van der Waals surface area contributed by atoms with Gasteiger partial charge < -0.3 is 4.90 Å². The fourth-order valence-electron chi connectivity index (χ4n) is 4.20. The van der Waals surface area contributed by atoms with Gasteiger partial charge in [-0.25, -0.2) is 0 Å². The summed E-state index contributed by atoms with van der Waals surface area (Å²) in [7, 11) is 0. The van der Waals surface area contributed by atoms with E-state index < -0.39 is 0 Å². The lowest BCUT2D eigenvalue weighted by Crippen LogP contribution is -2.36. The molecule has 1 aliphatic heterocycles. The summed E-state index contributed by atoms with van der Waals surface area (Å²) in [4.78, 5) is 2.43. The molecule has 0 saturated carbocycles.